The van der Waals surface area contributed by atoms with Gasteiger partial charge in [0.2, 0.25) is 0 Å². The molecule has 0 nitrogen and oxygen atoms in total. The Bertz CT molecular complexity index is 236. The number of hydrogen-bond acceptors (Lipinski definition) is 0. The topological polar surface area (TPSA) is 0 Å². The molecule has 86 valence electrons. The Morgan fingerprint density at radius 1 is 0.600 bits per heavy atom. The zero-order valence-electron chi connectivity index (χ0n) is 10.6. The first-order valence-electron chi connectivity index (χ1n) is 7.22. The molecule has 0 aromatic heterocycles. The van der Waals surface area contributed by atoms with E-state index >= 15 is 0 Å². The monoisotopic (exact) mass is 206 g/mol. The zero-order valence-corrected chi connectivity index (χ0v) is 10.6. The van der Waals surface area contributed by atoms with Crippen LogP contribution in [0.15, 0.2) is 0 Å². The van der Waals surface area contributed by atoms with Crippen LogP contribution in [0.25, 0.3) is 0 Å². The fraction of sp³-hybridized carbons (Fsp3) is 1.00. The summed E-state index contributed by atoms with van der Waals surface area (Å²) in [5.41, 5.74) is 0. The van der Waals surface area contributed by atoms with Gasteiger partial charge in [0.15, 0.2) is 0 Å². The van der Waals surface area contributed by atoms with Crippen LogP contribution >= 0.6 is 0 Å². The third kappa shape index (κ3) is 1.26. The highest BCUT2D eigenvalue weighted by molar-refractivity contribution is 5.09. The maximum absolute atomic E-state index is 2.54. The summed E-state index contributed by atoms with van der Waals surface area (Å²) in [7, 11) is 0. The van der Waals surface area contributed by atoms with Crippen molar-refractivity contribution >= 4 is 0 Å². The summed E-state index contributed by atoms with van der Waals surface area (Å²) >= 11 is 0. The van der Waals surface area contributed by atoms with Crippen molar-refractivity contribution in [3.63, 3.8) is 0 Å². The average Bonchev–Trinajstić information content (AvgIpc) is 2.26. The lowest BCUT2D eigenvalue weighted by Crippen LogP contribution is -2.64. The van der Waals surface area contributed by atoms with E-state index in [0.29, 0.717) is 0 Å². The van der Waals surface area contributed by atoms with E-state index in [1.807, 2.05) is 0 Å². The molecule has 0 spiro atoms. The van der Waals surface area contributed by atoms with Crippen LogP contribution in [0, 0.1) is 41.4 Å². The molecule has 15 heavy (non-hydrogen) atoms. The number of hydrogen-bond donors (Lipinski definition) is 0. The second-order valence-electron chi connectivity index (χ2n) is 6.71. The molecule has 3 saturated carbocycles. The molecule has 0 bridgehead atoms. The Kier molecular flexibility index (Phi) is 2.37. The van der Waals surface area contributed by atoms with Crippen LogP contribution in [0.5, 0.6) is 0 Å². The largest absolute Gasteiger partial charge is 0.0620 e. The predicted molar refractivity (Wildman–Crippen MR) is 64.5 cm³/mol. The van der Waals surface area contributed by atoms with Gasteiger partial charge in [-0.3, -0.25) is 0 Å². The van der Waals surface area contributed by atoms with E-state index in [4.69, 9.17) is 0 Å². The minimum Gasteiger partial charge on any atom is -0.0620 e. The normalized spacial score (nSPS) is 55.4. The van der Waals surface area contributed by atoms with Crippen molar-refractivity contribution in [3.05, 3.63) is 0 Å². The van der Waals surface area contributed by atoms with Crippen molar-refractivity contribution in [3.8, 4) is 0 Å². The fourth-order valence-corrected chi connectivity index (χ4v) is 5.42. The van der Waals surface area contributed by atoms with Gasteiger partial charge in [-0.15, -0.1) is 0 Å². The van der Waals surface area contributed by atoms with Gasteiger partial charge in [-0.05, 0) is 41.4 Å². The van der Waals surface area contributed by atoms with Crippen LogP contribution in [0.4, 0.5) is 0 Å². The molecule has 0 radical (unpaired) electrons. The lowest BCUT2D eigenvalue weighted by atomic mass is 9.36. The molecule has 3 aliphatic rings. The summed E-state index contributed by atoms with van der Waals surface area (Å²) in [5, 5.41) is 0. The zero-order chi connectivity index (χ0) is 10.6. The first-order valence-corrected chi connectivity index (χ1v) is 7.22. The molecule has 3 fully saturated rings. The highest BCUT2D eigenvalue weighted by Gasteiger charge is 2.62. The van der Waals surface area contributed by atoms with Gasteiger partial charge >= 0.3 is 0 Å². The molecule has 0 aliphatic heterocycles. The molecule has 0 aromatic rings. The Hall–Kier alpha value is 0. The van der Waals surface area contributed by atoms with Gasteiger partial charge in [0, 0.05) is 0 Å². The summed E-state index contributed by atoms with van der Waals surface area (Å²) in [4.78, 5) is 0. The highest BCUT2D eigenvalue weighted by Crippen LogP contribution is 2.67. The van der Waals surface area contributed by atoms with Crippen molar-refractivity contribution in [2.24, 2.45) is 41.4 Å². The van der Waals surface area contributed by atoms with Gasteiger partial charge in [-0.1, -0.05) is 52.9 Å². The molecule has 6 unspecified atom stereocenters. The molecule has 0 heteroatoms. The van der Waals surface area contributed by atoms with Crippen LogP contribution < -0.4 is 0 Å². The van der Waals surface area contributed by atoms with Gasteiger partial charge in [0.1, 0.15) is 0 Å². The molecule has 0 saturated heterocycles. The smallest absolute Gasteiger partial charge is 0.0318 e. The highest BCUT2D eigenvalue weighted by atomic mass is 14.7. The summed E-state index contributed by atoms with van der Waals surface area (Å²) in [6.45, 7) is 7.54. The van der Waals surface area contributed by atoms with E-state index < -0.39 is 0 Å². The molecule has 3 rings (SSSR count). The van der Waals surface area contributed by atoms with Crippen LogP contribution in [-0.4, -0.2) is 0 Å². The molecule has 0 heterocycles. The summed E-state index contributed by atoms with van der Waals surface area (Å²) in [6, 6.07) is 0. The van der Waals surface area contributed by atoms with Crippen molar-refractivity contribution in [2.75, 3.05) is 0 Å². The predicted octanol–water partition coefficient (Wildman–Crippen LogP) is 4.35. The van der Waals surface area contributed by atoms with Crippen molar-refractivity contribution in [1.29, 1.82) is 0 Å². The Balaban J connectivity index is 1.67. The molecule has 0 N–H and O–H groups in total. The van der Waals surface area contributed by atoms with Crippen molar-refractivity contribution in [1.82, 2.24) is 0 Å². The second kappa shape index (κ2) is 3.50. The molecular weight excluding hydrogens is 180 g/mol. The standard InChI is InChI=1S/C15H26/c1-9-10(2)15-13(9)11(3)14(15)12-7-5-4-6-8-12/h9-15H,4-8H2,1-3H3. The van der Waals surface area contributed by atoms with Crippen LogP contribution in [0.3, 0.4) is 0 Å². The van der Waals surface area contributed by atoms with E-state index in [2.05, 4.69) is 20.8 Å². The van der Waals surface area contributed by atoms with Crippen LogP contribution in [0.1, 0.15) is 52.9 Å². The first-order chi connectivity index (χ1) is 7.22. The Morgan fingerprint density at radius 3 is 1.87 bits per heavy atom. The van der Waals surface area contributed by atoms with E-state index in [1.165, 1.54) is 19.3 Å². The molecular formula is C15H26. The molecule has 0 aromatic carbocycles. The molecule has 6 atom stereocenters. The summed E-state index contributed by atoms with van der Waals surface area (Å²) < 4.78 is 0. The van der Waals surface area contributed by atoms with Crippen molar-refractivity contribution in [2.45, 2.75) is 52.9 Å². The average molecular weight is 206 g/mol. The summed E-state index contributed by atoms with van der Waals surface area (Å²) in [5.74, 6) is 7.63. The first kappa shape index (κ1) is 10.2. The maximum atomic E-state index is 2.54. The van der Waals surface area contributed by atoms with Crippen LogP contribution in [0.2, 0.25) is 0 Å². The van der Waals surface area contributed by atoms with E-state index in [0.717, 1.165) is 41.4 Å². The number of rotatable bonds is 1. The quantitative estimate of drug-likeness (QED) is 0.598. The van der Waals surface area contributed by atoms with Gasteiger partial charge in [0.25, 0.3) is 0 Å². The van der Waals surface area contributed by atoms with E-state index in [1.54, 1.807) is 12.8 Å². The number of fused-ring (bicyclic) bond motifs is 1. The minimum absolute atomic E-state index is 1.03. The molecule has 0 amide bonds. The van der Waals surface area contributed by atoms with Gasteiger partial charge in [-0.25, -0.2) is 0 Å². The SMILES string of the molecule is CC1C(C)C2C(C3CCCCC3)C(C)C12. The van der Waals surface area contributed by atoms with E-state index in [9.17, 15) is 0 Å². The molecule has 3 aliphatic carbocycles. The van der Waals surface area contributed by atoms with E-state index in [-0.39, 0.29) is 0 Å². The Morgan fingerprint density at radius 2 is 1.20 bits per heavy atom. The third-order valence-electron chi connectivity index (χ3n) is 6.34. The minimum atomic E-state index is 1.03. The third-order valence-corrected chi connectivity index (χ3v) is 6.34. The fourth-order valence-electron chi connectivity index (χ4n) is 5.42. The van der Waals surface area contributed by atoms with Gasteiger partial charge in [-0.2, -0.15) is 0 Å². The summed E-state index contributed by atoms with van der Waals surface area (Å²) in [6.07, 6.45) is 7.67. The van der Waals surface area contributed by atoms with Crippen LogP contribution in [-0.2, 0) is 0 Å². The van der Waals surface area contributed by atoms with Crippen molar-refractivity contribution < 1.29 is 0 Å². The Labute approximate surface area is 94.8 Å². The van der Waals surface area contributed by atoms with Gasteiger partial charge < -0.3 is 0 Å². The van der Waals surface area contributed by atoms with Gasteiger partial charge in [0.05, 0.1) is 0 Å². The lowest BCUT2D eigenvalue weighted by molar-refractivity contribution is -0.208. The maximum Gasteiger partial charge on any atom is -0.0318 e. The lowest BCUT2D eigenvalue weighted by Gasteiger charge is -2.68. The second-order valence-corrected chi connectivity index (χ2v) is 6.71.